The van der Waals surface area contributed by atoms with E-state index < -0.39 is 0 Å². The molecule has 27 heavy (non-hydrogen) atoms. The predicted octanol–water partition coefficient (Wildman–Crippen LogP) is 0.123. The molecule has 9 heteroatoms. The number of aromatic nitrogens is 2. The molecular formula is C18H24N4O4S. The monoisotopic (exact) mass is 392 g/mol. The molecule has 0 spiro atoms. The molecule has 0 bridgehead atoms. The van der Waals surface area contributed by atoms with Gasteiger partial charge in [-0.3, -0.25) is 19.0 Å². The third-order valence-electron chi connectivity index (χ3n) is 5.46. The molecule has 2 amide bonds. The second-order valence-corrected chi connectivity index (χ2v) is 8.29. The van der Waals surface area contributed by atoms with Crippen LogP contribution in [-0.4, -0.2) is 75.8 Å². The van der Waals surface area contributed by atoms with E-state index in [0.717, 1.165) is 12.8 Å². The standard InChI is InChI=1S/C18H24N4O4S/c1-12-9-19-18-22(15(12)23)10-13(11-27-18)16(24)20-4-6-21(7-5-20)17(25)14-3-2-8-26-14/h9,13-14H,2-8,10-11H2,1H3/t13-,14-/m1/s1. The average molecular weight is 392 g/mol. The molecule has 0 N–H and O–H groups in total. The number of hydrogen-bond acceptors (Lipinski definition) is 6. The summed E-state index contributed by atoms with van der Waals surface area (Å²) < 4.78 is 7.09. The van der Waals surface area contributed by atoms with Crippen molar-refractivity contribution in [1.82, 2.24) is 19.4 Å². The van der Waals surface area contributed by atoms with Gasteiger partial charge in [-0.15, -0.1) is 0 Å². The number of carbonyl (C=O) groups is 2. The van der Waals surface area contributed by atoms with Gasteiger partial charge in [-0.1, -0.05) is 11.8 Å². The Hall–Kier alpha value is -1.87. The van der Waals surface area contributed by atoms with E-state index in [9.17, 15) is 14.4 Å². The number of aryl methyl sites for hydroxylation is 1. The maximum atomic E-state index is 12.9. The van der Waals surface area contributed by atoms with E-state index in [1.807, 2.05) is 9.80 Å². The summed E-state index contributed by atoms with van der Waals surface area (Å²) in [5, 5.41) is 0.682. The lowest BCUT2D eigenvalue weighted by atomic mass is 10.1. The molecule has 0 unspecified atom stereocenters. The molecule has 1 aromatic rings. The van der Waals surface area contributed by atoms with Crippen LogP contribution in [0.5, 0.6) is 0 Å². The quantitative estimate of drug-likeness (QED) is 0.665. The third-order valence-corrected chi connectivity index (χ3v) is 6.61. The van der Waals surface area contributed by atoms with Crippen molar-refractivity contribution >= 4 is 23.6 Å². The predicted molar refractivity (Wildman–Crippen MR) is 99.6 cm³/mol. The van der Waals surface area contributed by atoms with Gasteiger partial charge < -0.3 is 14.5 Å². The second kappa shape index (κ2) is 7.63. The van der Waals surface area contributed by atoms with E-state index in [1.165, 1.54) is 11.8 Å². The number of piperazine rings is 1. The number of hydrogen-bond donors (Lipinski definition) is 0. The Morgan fingerprint density at radius 2 is 1.89 bits per heavy atom. The number of fused-ring (bicyclic) bond motifs is 1. The number of thioether (sulfide) groups is 1. The lowest BCUT2D eigenvalue weighted by molar-refractivity contribution is -0.147. The van der Waals surface area contributed by atoms with Crippen molar-refractivity contribution in [1.29, 1.82) is 0 Å². The Morgan fingerprint density at radius 3 is 2.56 bits per heavy atom. The molecule has 3 aliphatic rings. The van der Waals surface area contributed by atoms with Crippen molar-refractivity contribution in [2.45, 2.75) is 37.6 Å². The molecule has 4 rings (SSSR count). The van der Waals surface area contributed by atoms with Crippen LogP contribution in [-0.2, 0) is 20.9 Å². The number of ether oxygens (including phenoxy) is 1. The first-order chi connectivity index (χ1) is 13.0. The summed E-state index contributed by atoms with van der Waals surface area (Å²) >= 11 is 1.46. The van der Waals surface area contributed by atoms with Crippen LogP contribution in [0.3, 0.4) is 0 Å². The van der Waals surface area contributed by atoms with E-state index >= 15 is 0 Å². The maximum Gasteiger partial charge on any atom is 0.257 e. The van der Waals surface area contributed by atoms with Gasteiger partial charge in [0.15, 0.2) is 5.16 Å². The highest BCUT2D eigenvalue weighted by molar-refractivity contribution is 7.99. The Bertz CT molecular complexity index is 797. The van der Waals surface area contributed by atoms with E-state index in [2.05, 4.69) is 4.98 Å². The van der Waals surface area contributed by atoms with Gasteiger partial charge >= 0.3 is 0 Å². The molecule has 146 valence electrons. The van der Waals surface area contributed by atoms with E-state index in [4.69, 9.17) is 4.74 Å². The first-order valence-electron chi connectivity index (χ1n) is 9.43. The van der Waals surface area contributed by atoms with Crippen LogP contribution in [0.2, 0.25) is 0 Å². The fourth-order valence-corrected chi connectivity index (χ4v) is 4.87. The zero-order valence-electron chi connectivity index (χ0n) is 15.4. The van der Waals surface area contributed by atoms with Gasteiger partial charge in [-0.2, -0.15) is 0 Å². The van der Waals surface area contributed by atoms with Crippen molar-refractivity contribution in [2.75, 3.05) is 38.5 Å². The van der Waals surface area contributed by atoms with Crippen LogP contribution in [0.1, 0.15) is 18.4 Å². The van der Waals surface area contributed by atoms with Crippen LogP contribution in [0, 0.1) is 12.8 Å². The summed E-state index contributed by atoms with van der Waals surface area (Å²) in [6, 6.07) is 0. The Morgan fingerprint density at radius 1 is 1.19 bits per heavy atom. The van der Waals surface area contributed by atoms with Gasteiger partial charge in [-0.25, -0.2) is 4.98 Å². The van der Waals surface area contributed by atoms with Crippen molar-refractivity contribution < 1.29 is 14.3 Å². The van der Waals surface area contributed by atoms with Gasteiger partial charge in [0, 0.05) is 56.8 Å². The summed E-state index contributed by atoms with van der Waals surface area (Å²) in [5.74, 6) is 0.508. The smallest absolute Gasteiger partial charge is 0.257 e. The van der Waals surface area contributed by atoms with Crippen LogP contribution in [0.15, 0.2) is 16.1 Å². The summed E-state index contributed by atoms with van der Waals surface area (Å²) in [5.41, 5.74) is 0.519. The molecule has 1 aromatic heterocycles. The fraction of sp³-hybridized carbons (Fsp3) is 0.667. The topological polar surface area (TPSA) is 84.7 Å². The SMILES string of the molecule is Cc1cnc2n(c1=O)C[C@@H](C(=O)N1CCN(C(=O)[C@H]3CCCO3)CC1)CS2. The highest BCUT2D eigenvalue weighted by atomic mass is 32.2. The number of carbonyl (C=O) groups excluding carboxylic acids is 2. The van der Waals surface area contributed by atoms with Crippen molar-refractivity contribution in [3.63, 3.8) is 0 Å². The van der Waals surface area contributed by atoms with E-state index in [-0.39, 0.29) is 29.4 Å². The first kappa shape index (κ1) is 18.5. The molecule has 2 fully saturated rings. The first-order valence-corrected chi connectivity index (χ1v) is 10.4. The third kappa shape index (κ3) is 3.62. The fourth-order valence-electron chi connectivity index (χ4n) is 3.83. The molecular weight excluding hydrogens is 368 g/mol. The summed E-state index contributed by atoms with van der Waals surface area (Å²) in [4.78, 5) is 45.6. The summed E-state index contributed by atoms with van der Waals surface area (Å²) in [6.45, 7) is 4.93. The average Bonchev–Trinajstić information content (AvgIpc) is 3.24. The normalized spacial score (nSPS) is 25.4. The molecule has 2 atom stereocenters. The molecule has 0 radical (unpaired) electrons. The molecule has 0 aliphatic carbocycles. The highest BCUT2D eigenvalue weighted by Gasteiger charge is 2.34. The van der Waals surface area contributed by atoms with Gasteiger partial charge in [0.25, 0.3) is 11.5 Å². The Kier molecular flexibility index (Phi) is 5.23. The lowest BCUT2D eigenvalue weighted by Crippen LogP contribution is -2.54. The molecule has 3 aliphatic heterocycles. The largest absolute Gasteiger partial charge is 0.368 e. The van der Waals surface area contributed by atoms with Gasteiger partial charge in [0.1, 0.15) is 6.10 Å². The van der Waals surface area contributed by atoms with Crippen LogP contribution in [0.25, 0.3) is 0 Å². The number of nitrogens with zero attached hydrogens (tertiary/aromatic N) is 4. The summed E-state index contributed by atoms with van der Waals surface area (Å²) in [7, 11) is 0. The molecule has 0 aromatic carbocycles. The zero-order chi connectivity index (χ0) is 19.0. The Balaban J connectivity index is 1.36. The highest BCUT2D eigenvalue weighted by Crippen LogP contribution is 2.26. The molecule has 2 saturated heterocycles. The van der Waals surface area contributed by atoms with Gasteiger partial charge in [0.2, 0.25) is 5.91 Å². The zero-order valence-corrected chi connectivity index (χ0v) is 16.2. The molecule has 8 nitrogen and oxygen atoms in total. The number of amides is 2. The van der Waals surface area contributed by atoms with Crippen molar-refractivity contribution in [2.24, 2.45) is 5.92 Å². The lowest BCUT2D eigenvalue weighted by Gasteiger charge is -2.38. The molecule has 0 saturated carbocycles. The minimum absolute atomic E-state index is 0.0508. The Labute approximate surface area is 161 Å². The van der Waals surface area contributed by atoms with Crippen LogP contribution < -0.4 is 5.56 Å². The van der Waals surface area contributed by atoms with Gasteiger partial charge in [-0.05, 0) is 19.8 Å². The minimum Gasteiger partial charge on any atom is -0.368 e. The van der Waals surface area contributed by atoms with E-state index in [1.54, 1.807) is 17.7 Å². The summed E-state index contributed by atoms with van der Waals surface area (Å²) in [6.07, 6.45) is 3.01. The van der Waals surface area contributed by atoms with Crippen molar-refractivity contribution in [3.8, 4) is 0 Å². The van der Waals surface area contributed by atoms with Gasteiger partial charge in [0.05, 0.1) is 5.92 Å². The van der Waals surface area contributed by atoms with E-state index in [0.29, 0.717) is 55.8 Å². The van der Waals surface area contributed by atoms with Crippen LogP contribution in [0.4, 0.5) is 0 Å². The van der Waals surface area contributed by atoms with Crippen molar-refractivity contribution in [3.05, 3.63) is 22.1 Å². The maximum absolute atomic E-state index is 12.9. The second-order valence-electron chi connectivity index (χ2n) is 7.30. The van der Waals surface area contributed by atoms with Crippen LogP contribution >= 0.6 is 11.8 Å². The molecule has 4 heterocycles. The number of rotatable bonds is 2. The minimum atomic E-state index is -0.305.